The van der Waals surface area contributed by atoms with Crippen molar-refractivity contribution in [3.8, 4) is 5.75 Å². The molecule has 1 heterocycles. The summed E-state index contributed by atoms with van der Waals surface area (Å²) in [6.45, 7) is 6.05. The summed E-state index contributed by atoms with van der Waals surface area (Å²) in [7, 11) is 1.59. The van der Waals surface area contributed by atoms with Crippen LogP contribution in [-0.2, 0) is 0 Å². The van der Waals surface area contributed by atoms with Crippen LogP contribution >= 0.6 is 0 Å². The van der Waals surface area contributed by atoms with Crippen molar-refractivity contribution < 1.29 is 9.53 Å². The summed E-state index contributed by atoms with van der Waals surface area (Å²) in [4.78, 5) is 12.4. The quantitative estimate of drug-likeness (QED) is 0.872. The molecule has 0 aliphatic carbocycles. The Labute approximate surface area is 114 Å². The average Bonchev–Trinajstić information content (AvgIpc) is 2.41. The van der Waals surface area contributed by atoms with E-state index in [-0.39, 0.29) is 11.9 Å². The monoisotopic (exact) mass is 262 g/mol. The fraction of sp³-hybridized carbons (Fsp3) is 0.533. The van der Waals surface area contributed by atoms with E-state index in [2.05, 4.69) is 17.6 Å². The molecule has 1 aromatic carbocycles. The van der Waals surface area contributed by atoms with E-state index >= 15 is 0 Å². The SMILES string of the molecule is COc1ccc(C)cc1C(=O)NC1CCNCC1C. The van der Waals surface area contributed by atoms with Crippen LogP contribution in [0.1, 0.15) is 29.3 Å². The van der Waals surface area contributed by atoms with Gasteiger partial charge in [0.05, 0.1) is 12.7 Å². The molecule has 104 valence electrons. The normalized spacial score (nSPS) is 22.9. The Bertz CT molecular complexity index is 459. The third-order valence-electron chi connectivity index (χ3n) is 3.70. The Morgan fingerprint density at radius 2 is 2.26 bits per heavy atom. The van der Waals surface area contributed by atoms with E-state index in [1.54, 1.807) is 7.11 Å². The first-order valence-electron chi connectivity index (χ1n) is 6.78. The van der Waals surface area contributed by atoms with Crippen LogP contribution in [0.3, 0.4) is 0 Å². The second kappa shape index (κ2) is 6.06. The van der Waals surface area contributed by atoms with Crippen LogP contribution in [0, 0.1) is 12.8 Å². The zero-order chi connectivity index (χ0) is 13.8. The summed E-state index contributed by atoms with van der Waals surface area (Å²) in [6.07, 6.45) is 0.973. The predicted octanol–water partition coefficient (Wildman–Crippen LogP) is 1.73. The smallest absolute Gasteiger partial charge is 0.255 e. The van der Waals surface area contributed by atoms with E-state index in [1.165, 1.54) is 0 Å². The van der Waals surface area contributed by atoms with Gasteiger partial charge in [0.1, 0.15) is 5.75 Å². The van der Waals surface area contributed by atoms with Crippen molar-refractivity contribution in [3.05, 3.63) is 29.3 Å². The van der Waals surface area contributed by atoms with E-state index in [9.17, 15) is 4.79 Å². The number of amides is 1. The van der Waals surface area contributed by atoms with Gasteiger partial charge in [-0.05, 0) is 44.5 Å². The highest BCUT2D eigenvalue weighted by atomic mass is 16.5. The van der Waals surface area contributed by atoms with Crippen molar-refractivity contribution in [3.63, 3.8) is 0 Å². The summed E-state index contributed by atoms with van der Waals surface area (Å²) in [5.41, 5.74) is 1.68. The summed E-state index contributed by atoms with van der Waals surface area (Å²) in [5.74, 6) is 1.04. The number of benzene rings is 1. The number of piperidine rings is 1. The Hall–Kier alpha value is -1.55. The van der Waals surface area contributed by atoms with Crippen LogP contribution in [0.5, 0.6) is 5.75 Å². The first-order chi connectivity index (χ1) is 9.11. The number of rotatable bonds is 3. The molecule has 4 nitrogen and oxygen atoms in total. The maximum absolute atomic E-state index is 12.4. The maximum atomic E-state index is 12.4. The number of ether oxygens (including phenoxy) is 1. The van der Waals surface area contributed by atoms with Gasteiger partial charge in [-0.25, -0.2) is 0 Å². The zero-order valence-electron chi connectivity index (χ0n) is 11.8. The molecule has 0 bridgehead atoms. The third kappa shape index (κ3) is 3.26. The number of hydrogen-bond donors (Lipinski definition) is 2. The number of aryl methyl sites for hydroxylation is 1. The fourth-order valence-electron chi connectivity index (χ4n) is 2.47. The van der Waals surface area contributed by atoms with Gasteiger partial charge in [-0.15, -0.1) is 0 Å². The minimum atomic E-state index is -0.0423. The highest BCUT2D eigenvalue weighted by Gasteiger charge is 2.24. The molecule has 4 heteroatoms. The summed E-state index contributed by atoms with van der Waals surface area (Å²) >= 11 is 0. The molecule has 1 amide bonds. The lowest BCUT2D eigenvalue weighted by Crippen LogP contribution is -2.48. The number of carbonyl (C=O) groups is 1. The molecule has 0 saturated carbocycles. The predicted molar refractivity (Wildman–Crippen MR) is 75.6 cm³/mol. The Morgan fingerprint density at radius 3 is 2.95 bits per heavy atom. The maximum Gasteiger partial charge on any atom is 0.255 e. The van der Waals surface area contributed by atoms with E-state index in [4.69, 9.17) is 4.74 Å². The van der Waals surface area contributed by atoms with Crippen LogP contribution < -0.4 is 15.4 Å². The number of nitrogens with one attached hydrogen (secondary N) is 2. The lowest BCUT2D eigenvalue weighted by atomic mass is 9.95. The average molecular weight is 262 g/mol. The van der Waals surface area contributed by atoms with Gasteiger partial charge in [0.2, 0.25) is 0 Å². The number of hydrogen-bond acceptors (Lipinski definition) is 3. The van der Waals surface area contributed by atoms with Gasteiger partial charge in [0.25, 0.3) is 5.91 Å². The van der Waals surface area contributed by atoms with Crippen molar-refractivity contribution in [1.82, 2.24) is 10.6 Å². The first-order valence-corrected chi connectivity index (χ1v) is 6.78. The van der Waals surface area contributed by atoms with Crippen LogP contribution in [0.15, 0.2) is 18.2 Å². The Morgan fingerprint density at radius 1 is 1.47 bits per heavy atom. The molecule has 1 fully saturated rings. The molecule has 0 radical (unpaired) electrons. The first kappa shape index (κ1) is 13.9. The highest BCUT2D eigenvalue weighted by molar-refractivity contribution is 5.97. The number of methoxy groups -OCH3 is 1. The van der Waals surface area contributed by atoms with Crippen LogP contribution in [-0.4, -0.2) is 32.1 Å². The molecular formula is C15H22N2O2. The molecule has 0 aromatic heterocycles. The Kier molecular flexibility index (Phi) is 4.43. The van der Waals surface area contributed by atoms with Crippen LogP contribution in [0.25, 0.3) is 0 Å². The van der Waals surface area contributed by atoms with E-state index < -0.39 is 0 Å². The zero-order valence-corrected chi connectivity index (χ0v) is 11.8. The van der Waals surface area contributed by atoms with E-state index in [1.807, 2.05) is 25.1 Å². The van der Waals surface area contributed by atoms with Gasteiger partial charge in [-0.3, -0.25) is 4.79 Å². The lowest BCUT2D eigenvalue weighted by Gasteiger charge is -2.30. The van der Waals surface area contributed by atoms with Gasteiger partial charge in [-0.2, -0.15) is 0 Å². The molecule has 2 atom stereocenters. The summed E-state index contributed by atoms with van der Waals surface area (Å²) in [5, 5.41) is 6.46. The van der Waals surface area contributed by atoms with Crippen molar-refractivity contribution >= 4 is 5.91 Å². The molecule has 19 heavy (non-hydrogen) atoms. The van der Waals surface area contributed by atoms with Crippen molar-refractivity contribution in [1.29, 1.82) is 0 Å². The minimum Gasteiger partial charge on any atom is -0.496 e. The summed E-state index contributed by atoms with van der Waals surface area (Å²) < 4.78 is 5.26. The van der Waals surface area contributed by atoms with Crippen molar-refractivity contribution in [2.75, 3.05) is 20.2 Å². The minimum absolute atomic E-state index is 0.0423. The van der Waals surface area contributed by atoms with Gasteiger partial charge in [0, 0.05) is 6.04 Å². The second-order valence-corrected chi connectivity index (χ2v) is 5.25. The van der Waals surface area contributed by atoms with Gasteiger partial charge in [0.15, 0.2) is 0 Å². The third-order valence-corrected chi connectivity index (χ3v) is 3.70. The second-order valence-electron chi connectivity index (χ2n) is 5.25. The van der Waals surface area contributed by atoms with Crippen LogP contribution in [0.4, 0.5) is 0 Å². The largest absolute Gasteiger partial charge is 0.496 e. The highest BCUT2D eigenvalue weighted by Crippen LogP contribution is 2.20. The molecule has 2 unspecified atom stereocenters. The van der Waals surface area contributed by atoms with Gasteiger partial charge >= 0.3 is 0 Å². The van der Waals surface area contributed by atoms with Crippen molar-refractivity contribution in [2.45, 2.75) is 26.3 Å². The molecular weight excluding hydrogens is 240 g/mol. The van der Waals surface area contributed by atoms with Crippen LogP contribution in [0.2, 0.25) is 0 Å². The Balaban J connectivity index is 2.13. The van der Waals surface area contributed by atoms with E-state index in [0.717, 1.165) is 25.1 Å². The fourth-order valence-corrected chi connectivity index (χ4v) is 2.47. The van der Waals surface area contributed by atoms with E-state index in [0.29, 0.717) is 17.2 Å². The molecule has 0 spiro atoms. The molecule has 1 aliphatic heterocycles. The summed E-state index contributed by atoms with van der Waals surface area (Å²) in [6, 6.07) is 5.90. The standard InChI is InChI=1S/C15H22N2O2/c1-10-4-5-14(19-3)12(8-10)15(18)17-13-6-7-16-9-11(13)2/h4-5,8,11,13,16H,6-7,9H2,1-3H3,(H,17,18). The molecule has 2 N–H and O–H groups in total. The number of carbonyl (C=O) groups excluding carboxylic acids is 1. The molecule has 1 aliphatic rings. The van der Waals surface area contributed by atoms with Gasteiger partial charge < -0.3 is 15.4 Å². The molecule has 1 saturated heterocycles. The lowest BCUT2D eigenvalue weighted by molar-refractivity contribution is 0.0911. The topological polar surface area (TPSA) is 50.4 Å². The van der Waals surface area contributed by atoms with Crippen molar-refractivity contribution in [2.24, 2.45) is 5.92 Å². The molecule has 1 aromatic rings. The molecule has 2 rings (SSSR count). The van der Waals surface area contributed by atoms with Gasteiger partial charge in [-0.1, -0.05) is 18.6 Å².